The number of carbonyl (C=O) groups is 9. The molecule has 0 spiro atoms. The highest BCUT2D eigenvalue weighted by atomic mass is 32.2. The van der Waals surface area contributed by atoms with Crippen molar-refractivity contribution in [2.45, 2.75) is 107 Å². The van der Waals surface area contributed by atoms with Crippen LogP contribution in [0.1, 0.15) is 77.2 Å². The molecule has 21 nitrogen and oxygen atoms in total. The van der Waals surface area contributed by atoms with E-state index in [2.05, 4.69) is 42.5 Å². The smallest absolute Gasteiger partial charge is 0.315 e. The Hall–Kier alpha value is -5.64. The summed E-state index contributed by atoms with van der Waals surface area (Å²) in [7, 11) is 0. The van der Waals surface area contributed by atoms with Gasteiger partial charge in [-0.15, -0.1) is 0 Å². The number of urea groups is 1. The summed E-state index contributed by atoms with van der Waals surface area (Å²) in [6.45, 7) is 2.39. The van der Waals surface area contributed by atoms with Crippen LogP contribution in [0.3, 0.4) is 0 Å². The predicted molar refractivity (Wildman–Crippen MR) is 222 cm³/mol. The average Bonchev–Trinajstić information content (AvgIpc) is 3.77. The van der Waals surface area contributed by atoms with E-state index in [-0.39, 0.29) is 55.0 Å². The molecular formula is C39H60N10O11S. The van der Waals surface area contributed by atoms with Crippen molar-refractivity contribution >= 4 is 65.1 Å². The van der Waals surface area contributed by atoms with Gasteiger partial charge in [0.15, 0.2) is 0 Å². The molecule has 10 amide bonds. The van der Waals surface area contributed by atoms with Crippen molar-refractivity contribution in [2.75, 3.05) is 31.9 Å². The summed E-state index contributed by atoms with van der Waals surface area (Å²) in [6.07, 6.45) is 4.00. The molecule has 0 aromatic heterocycles. The fraction of sp³-hybridized carbons (Fsp3) is 0.615. The Balaban J connectivity index is 1.36. The standard InChI is InChI=1S/C39H60N10O11S/c1-22(2)15-24(17-31(52)49-60)37(57)43-20-34(55)46-27(16-23-10-12-25(50)13-11-23)38(58)44-18-32(53)42-19-33(54)45-26(36(40)56)7-5-6-14-41-30(51)9-4-3-8-29-35-28(21-61-29)47-39(59)48-35/h10-13,22,24,26-29,35,50,60H,3-9,14-21H2,1-2H3,(H2,40,56)(H,41,51)(H,42,53)(H,43,57)(H,44,58)(H,45,54)(H,46,55)(H,49,52)(H2,47,48,59)/t24?,26-,27-,28-,29-,35-/m0/s1. The summed E-state index contributed by atoms with van der Waals surface area (Å²) in [6, 6.07) is 3.74. The zero-order chi connectivity index (χ0) is 44.9. The van der Waals surface area contributed by atoms with Crippen molar-refractivity contribution in [3.8, 4) is 5.75 Å². The van der Waals surface area contributed by atoms with E-state index in [1.807, 2.05) is 25.6 Å². The third-order valence-corrected chi connectivity index (χ3v) is 11.5. The van der Waals surface area contributed by atoms with Gasteiger partial charge in [-0.1, -0.05) is 32.4 Å². The first-order valence-electron chi connectivity index (χ1n) is 20.4. The predicted octanol–water partition coefficient (Wildman–Crippen LogP) is -1.69. The van der Waals surface area contributed by atoms with Gasteiger partial charge in [0.1, 0.15) is 17.8 Å². The number of fused-ring (bicyclic) bond motifs is 1. The van der Waals surface area contributed by atoms with E-state index < -0.39 is 79.0 Å². The monoisotopic (exact) mass is 876 g/mol. The molecule has 61 heavy (non-hydrogen) atoms. The highest BCUT2D eigenvalue weighted by molar-refractivity contribution is 8.00. The molecule has 2 aliphatic rings. The Morgan fingerprint density at radius 2 is 1.44 bits per heavy atom. The van der Waals surface area contributed by atoms with Crippen LogP contribution >= 0.6 is 11.8 Å². The van der Waals surface area contributed by atoms with Crippen molar-refractivity contribution in [3.05, 3.63) is 29.8 Å². The van der Waals surface area contributed by atoms with Gasteiger partial charge in [-0.25, -0.2) is 10.3 Å². The Labute approximate surface area is 358 Å². The maximum atomic E-state index is 13.2. The number of rotatable bonds is 27. The minimum absolute atomic E-state index is 0.0249. The van der Waals surface area contributed by atoms with E-state index in [4.69, 9.17) is 10.9 Å². The van der Waals surface area contributed by atoms with Crippen LogP contribution in [-0.2, 0) is 44.8 Å². The molecule has 1 aromatic rings. The number of amides is 10. The zero-order valence-electron chi connectivity index (χ0n) is 34.5. The molecule has 2 aliphatic heterocycles. The molecular weight excluding hydrogens is 817 g/mol. The molecule has 2 fully saturated rings. The third-order valence-electron chi connectivity index (χ3n) is 10.0. The van der Waals surface area contributed by atoms with Gasteiger partial charge in [0.25, 0.3) is 0 Å². The number of phenolic OH excluding ortho intramolecular Hbond substituents is 1. The zero-order valence-corrected chi connectivity index (χ0v) is 35.3. The van der Waals surface area contributed by atoms with Crippen molar-refractivity contribution in [1.29, 1.82) is 0 Å². The Morgan fingerprint density at radius 1 is 0.787 bits per heavy atom. The first-order valence-corrected chi connectivity index (χ1v) is 21.5. The molecule has 2 heterocycles. The van der Waals surface area contributed by atoms with Crippen LogP contribution in [0.15, 0.2) is 24.3 Å². The van der Waals surface area contributed by atoms with Crippen LogP contribution in [0.5, 0.6) is 5.75 Å². The van der Waals surface area contributed by atoms with Crippen LogP contribution in [0.25, 0.3) is 0 Å². The van der Waals surface area contributed by atoms with Crippen molar-refractivity contribution in [3.63, 3.8) is 0 Å². The number of nitrogens with two attached hydrogens (primary N) is 1. The van der Waals surface area contributed by atoms with Crippen molar-refractivity contribution < 1.29 is 53.5 Å². The van der Waals surface area contributed by atoms with Gasteiger partial charge in [0, 0.05) is 42.7 Å². The van der Waals surface area contributed by atoms with E-state index in [0.717, 1.165) is 25.0 Å². The van der Waals surface area contributed by atoms with Crippen LogP contribution in [0.4, 0.5) is 4.79 Å². The fourth-order valence-electron chi connectivity index (χ4n) is 6.88. The lowest BCUT2D eigenvalue weighted by atomic mass is 9.93. The van der Waals surface area contributed by atoms with Crippen molar-refractivity contribution in [2.24, 2.45) is 17.6 Å². The van der Waals surface area contributed by atoms with Gasteiger partial charge in [0.2, 0.25) is 47.3 Å². The van der Waals surface area contributed by atoms with Crippen LogP contribution < -0.4 is 53.7 Å². The molecule has 0 radical (unpaired) electrons. The number of thioether (sulfide) groups is 1. The molecule has 0 aliphatic carbocycles. The van der Waals surface area contributed by atoms with E-state index in [0.29, 0.717) is 43.0 Å². The van der Waals surface area contributed by atoms with Gasteiger partial charge in [-0.2, -0.15) is 11.8 Å². The number of hydrogen-bond donors (Lipinski definition) is 12. The molecule has 3 rings (SSSR count). The van der Waals surface area contributed by atoms with E-state index >= 15 is 0 Å². The minimum Gasteiger partial charge on any atom is -0.508 e. The van der Waals surface area contributed by atoms with E-state index in [1.54, 1.807) is 0 Å². The first kappa shape index (κ1) is 49.7. The lowest BCUT2D eigenvalue weighted by Crippen LogP contribution is -2.53. The molecule has 6 atom stereocenters. The maximum absolute atomic E-state index is 13.2. The van der Waals surface area contributed by atoms with E-state index in [1.165, 1.54) is 29.7 Å². The summed E-state index contributed by atoms with van der Waals surface area (Å²) < 4.78 is 0. The molecule has 2 saturated heterocycles. The topological polar surface area (TPSA) is 328 Å². The lowest BCUT2D eigenvalue weighted by molar-refractivity contribution is -0.136. The molecule has 22 heteroatoms. The first-order chi connectivity index (χ1) is 29.0. The molecule has 1 unspecified atom stereocenters. The Morgan fingerprint density at radius 3 is 2.11 bits per heavy atom. The quantitative estimate of drug-likeness (QED) is 0.0204. The van der Waals surface area contributed by atoms with Crippen LogP contribution in [0, 0.1) is 11.8 Å². The summed E-state index contributed by atoms with van der Waals surface area (Å²) >= 11 is 1.83. The lowest BCUT2D eigenvalue weighted by Gasteiger charge is -2.20. The normalized spacial score (nSPS) is 18.0. The number of phenols is 1. The number of nitrogens with one attached hydrogen (secondary N) is 9. The third kappa shape index (κ3) is 18.7. The van der Waals surface area contributed by atoms with Gasteiger partial charge >= 0.3 is 6.03 Å². The average molecular weight is 877 g/mol. The summed E-state index contributed by atoms with van der Waals surface area (Å²) in [5.74, 6) is -5.17. The molecule has 0 bridgehead atoms. The highest BCUT2D eigenvalue weighted by Crippen LogP contribution is 2.33. The molecule has 338 valence electrons. The second-order valence-electron chi connectivity index (χ2n) is 15.5. The van der Waals surface area contributed by atoms with E-state index in [9.17, 15) is 48.3 Å². The molecule has 0 saturated carbocycles. The largest absolute Gasteiger partial charge is 0.508 e. The second-order valence-corrected chi connectivity index (χ2v) is 16.8. The molecule has 1 aromatic carbocycles. The van der Waals surface area contributed by atoms with Gasteiger partial charge in [-0.3, -0.25) is 43.6 Å². The number of hydroxylamine groups is 1. The summed E-state index contributed by atoms with van der Waals surface area (Å²) in [5, 5.41) is 39.7. The number of primary amides is 1. The van der Waals surface area contributed by atoms with Gasteiger partial charge < -0.3 is 53.4 Å². The maximum Gasteiger partial charge on any atom is 0.315 e. The van der Waals surface area contributed by atoms with Crippen LogP contribution in [-0.4, -0.2) is 125 Å². The minimum atomic E-state index is -1.24. The number of aromatic hydroxyl groups is 1. The van der Waals surface area contributed by atoms with Gasteiger partial charge in [0.05, 0.1) is 31.7 Å². The SMILES string of the molecule is CC(C)CC(CC(=O)NO)C(=O)NCC(=O)N[C@@H](Cc1ccc(O)cc1)C(=O)NCC(=O)NCC(=O)N[C@@H](CCCCNC(=O)CCCC[C@@H]1SC[C@@H]2NC(=O)N[C@@H]21)C(N)=O. The highest BCUT2D eigenvalue weighted by Gasteiger charge is 2.42. The number of benzene rings is 1. The van der Waals surface area contributed by atoms with Gasteiger partial charge in [-0.05, 0) is 62.1 Å². The summed E-state index contributed by atoms with van der Waals surface area (Å²) in [4.78, 5) is 111. The summed E-state index contributed by atoms with van der Waals surface area (Å²) in [5.41, 5.74) is 7.50. The van der Waals surface area contributed by atoms with Crippen molar-refractivity contribution in [1.82, 2.24) is 48.0 Å². The number of unbranched alkanes of at least 4 members (excludes halogenated alkanes) is 2. The Bertz CT molecular complexity index is 1700. The van der Waals surface area contributed by atoms with Crippen LogP contribution in [0.2, 0.25) is 0 Å². The second kappa shape index (κ2) is 25.9. The number of carbonyl (C=O) groups excluding carboxylic acids is 9. The number of hydrogen-bond acceptors (Lipinski definition) is 12. The Kier molecular flexibility index (Phi) is 21.1. The fourth-order valence-corrected chi connectivity index (χ4v) is 8.43. The molecule has 13 N–H and O–H groups in total.